The summed E-state index contributed by atoms with van der Waals surface area (Å²) in [5, 5.41) is 3.18. The van der Waals surface area contributed by atoms with Crippen molar-refractivity contribution in [3.63, 3.8) is 0 Å². The number of likely N-dealkylation sites (tertiary alicyclic amines) is 1. The van der Waals surface area contributed by atoms with Crippen LogP contribution < -0.4 is 5.32 Å². The van der Waals surface area contributed by atoms with E-state index >= 15 is 0 Å². The van der Waals surface area contributed by atoms with E-state index in [-0.39, 0.29) is 10.6 Å². The second kappa shape index (κ2) is 7.59. The standard InChI is InChI=1S/C17H19ClFN3OS/c1-11-5-2-3-8-22(11)10-12-9-20-17(24-12)21-16(23)15-13(18)6-4-7-14(15)19/h4,6-7,9,11H,2-3,5,8,10H2,1H3,(H,20,21,23). The summed E-state index contributed by atoms with van der Waals surface area (Å²) in [5.74, 6) is -1.22. The van der Waals surface area contributed by atoms with E-state index in [0.29, 0.717) is 11.2 Å². The topological polar surface area (TPSA) is 45.2 Å². The van der Waals surface area contributed by atoms with Gasteiger partial charge in [-0.2, -0.15) is 0 Å². The predicted octanol–water partition coefficient (Wildman–Crippen LogP) is 4.56. The van der Waals surface area contributed by atoms with Crippen LogP contribution in [0.5, 0.6) is 0 Å². The molecule has 1 aliphatic heterocycles. The normalized spacial score (nSPS) is 18.5. The van der Waals surface area contributed by atoms with Gasteiger partial charge < -0.3 is 0 Å². The fourth-order valence-electron chi connectivity index (χ4n) is 2.91. The highest BCUT2D eigenvalue weighted by Gasteiger charge is 2.20. The van der Waals surface area contributed by atoms with Crippen molar-refractivity contribution in [2.75, 3.05) is 11.9 Å². The Morgan fingerprint density at radius 1 is 1.50 bits per heavy atom. The molecule has 1 amide bonds. The number of hydrogen-bond acceptors (Lipinski definition) is 4. The van der Waals surface area contributed by atoms with Gasteiger partial charge in [-0.15, -0.1) is 11.3 Å². The van der Waals surface area contributed by atoms with Gasteiger partial charge in [0.15, 0.2) is 5.13 Å². The molecule has 0 radical (unpaired) electrons. The maximum absolute atomic E-state index is 13.8. The van der Waals surface area contributed by atoms with Crippen molar-refractivity contribution < 1.29 is 9.18 Å². The Balaban J connectivity index is 1.66. The number of thiazole rings is 1. The molecule has 1 unspecified atom stereocenters. The quantitative estimate of drug-likeness (QED) is 0.861. The molecule has 0 spiro atoms. The highest BCUT2D eigenvalue weighted by atomic mass is 35.5. The van der Waals surface area contributed by atoms with Gasteiger partial charge in [-0.05, 0) is 38.4 Å². The Labute approximate surface area is 149 Å². The lowest BCUT2D eigenvalue weighted by atomic mass is 10.0. The maximum atomic E-state index is 13.8. The van der Waals surface area contributed by atoms with Crippen molar-refractivity contribution in [2.45, 2.75) is 38.8 Å². The maximum Gasteiger partial charge on any atom is 0.261 e. The number of rotatable bonds is 4. The van der Waals surface area contributed by atoms with Crippen LogP contribution in [0.4, 0.5) is 9.52 Å². The van der Waals surface area contributed by atoms with Crippen molar-refractivity contribution >= 4 is 34.0 Å². The number of benzene rings is 1. The molecule has 4 nitrogen and oxygen atoms in total. The Morgan fingerprint density at radius 3 is 3.08 bits per heavy atom. The third-order valence-corrected chi connectivity index (χ3v) is 5.48. The molecule has 1 aliphatic rings. The zero-order chi connectivity index (χ0) is 17.1. The number of nitrogens with one attached hydrogen (secondary N) is 1. The molecule has 0 saturated carbocycles. The number of halogens is 2. The summed E-state index contributed by atoms with van der Waals surface area (Å²) >= 11 is 7.33. The van der Waals surface area contributed by atoms with Gasteiger partial charge in [-0.3, -0.25) is 15.0 Å². The summed E-state index contributed by atoms with van der Waals surface area (Å²) in [5.41, 5.74) is -0.152. The van der Waals surface area contributed by atoms with Gasteiger partial charge in [0, 0.05) is 23.7 Å². The second-order valence-corrected chi connectivity index (χ2v) is 7.52. The molecular weight excluding hydrogens is 349 g/mol. The lowest BCUT2D eigenvalue weighted by molar-refractivity contribution is 0.102. The van der Waals surface area contributed by atoms with Crippen LogP contribution in [0.1, 0.15) is 41.4 Å². The molecule has 1 aromatic carbocycles. The van der Waals surface area contributed by atoms with Crippen LogP contribution in [0.15, 0.2) is 24.4 Å². The lowest BCUT2D eigenvalue weighted by Gasteiger charge is -2.32. The summed E-state index contributed by atoms with van der Waals surface area (Å²) in [6.07, 6.45) is 5.49. The number of piperidine rings is 1. The number of amides is 1. The zero-order valence-electron chi connectivity index (χ0n) is 13.4. The van der Waals surface area contributed by atoms with E-state index in [1.54, 1.807) is 6.20 Å². The summed E-state index contributed by atoms with van der Waals surface area (Å²) in [4.78, 5) is 20.0. The molecule has 0 bridgehead atoms. The second-order valence-electron chi connectivity index (χ2n) is 6.00. The first-order valence-corrected chi connectivity index (χ1v) is 9.18. The largest absolute Gasteiger partial charge is 0.298 e. The van der Waals surface area contributed by atoms with Crippen LogP contribution in [0.3, 0.4) is 0 Å². The number of carbonyl (C=O) groups is 1. The first-order valence-electron chi connectivity index (χ1n) is 7.98. The zero-order valence-corrected chi connectivity index (χ0v) is 15.0. The highest BCUT2D eigenvalue weighted by Crippen LogP contribution is 2.26. The lowest BCUT2D eigenvalue weighted by Crippen LogP contribution is -2.36. The number of carbonyl (C=O) groups excluding carboxylic acids is 1. The van der Waals surface area contributed by atoms with E-state index in [9.17, 15) is 9.18 Å². The van der Waals surface area contributed by atoms with Gasteiger partial charge in [0.05, 0.1) is 10.6 Å². The summed E-state index contributed by atoms with van der Waals surface area (Å²) in [7, 11) is 0. The van der Waals surface area contributed by atoms with Crippen LogP contribution in [0, 0.1) is 5.82 Å². The third-order valence-electron chi connectivity index (χ3n) is 4.26. The first-order chi connectivity index (χ1) is 11.5. The van der Waals surface area contributed by atoms with Gasteiger partial charge in [0.25, 0.3) is 5.91 Å². The monoisotopic (exact) mass is 367 g/mol. The SMILES string of the molecule is CC1CCCCN1Cc1cnc(NC(=O)c2c(F)cccc2Cl)s1. The molecule has 24 heavy (non-hydrogen) atoms. The number of nitrogens with zero attached hydrogens (tertiary/aromatic N) is 2. The van der Waals surface area contributed by atoms with Crippen LogP contribution in [0.2, 0.25) is 5.02 Å². The third kappa shape index (κ3) is 3.94. The average Bonchev–Trinajstić information content (AvgIpc) is 2.96. The van der Waals surface area contributed by atoms with Gasteiger partial charge >= 0.3 is 0 Å². The fraction of sp³-hybridized carbons (Fsp3) is 0.412. The number of hydrogen-bond donors (Lipinski definition) is 1. The molecule has 1 atom stereocenters. The Morgan fingerprint density at radius 2 is 2.33 bits per heavy atom. The van der Waals surface area contributed by atoms with Gasteiger partial charge in [0.1, 0.15) is 5.82 Å². The smallest absolute Gasteiger partial charge is 0.261 e. The number of anilines is 1. The molecule has 128 valence electrons. The van der Waals surface area contributed by atoms with Crippen LogP contribution in [-0.4, -0.2) is 28.4 Å². The van der Waals surface area contributed by atoms with Crippen molar-refractivity contribution in [2.24, 2.45) is 0 Å². The van der Waals surface area contributed by atoms with Crippen LogP contribution >= 0.6 is 22.9 Å². The Bertz CT molecular complexity index is 716. The van der Waals surface area contributed by atoms with E-state index < -0.39 is 11.7 Å². The summed E-state index contributed by atoms with van der Waals surface area (Å²) in [6, 6.07) is 4.74. The molecule has 2 heterocycles. The first kappa shape index (κ1) is 17.3. The van der Waals surface area contributed by atoms with Crippen molar-refractivity contribution in [1.29, 1.82) is 0 Å². The molecule has 3 rings (SSSR count). The van der Waals surface area contributed by atoms with E-state index in [0.717, 1.165) is 18.0 Å². The Kier molecular flexibility index (Phi) is 5.48. The van der Waals surface area contributed by atoms with Crippen LogP contribution in [-0.2, 0) is 6.54 Å². The fourth-order valence-corrected chi connectivity index (χ4v) is 3.99. The van der Waals surface area contributed by atoms with Crippen molar-refractivity contribution in [3.05, 3.63) is 45.7 Å². The van der Waals surface area contributed by atoms with Crippen molar-refractivity contribution in [3.8, 4) is 0 Å². The molecule has 0 aliphatic carbocycles. The predicted molar refractivity (Wildman–Crippen MR) is 95.2 cm³/mol. The molecule has 2 aromatic rings. The minimum Gasteiger partial charge on any atom is -0.298 e. The highest BCUT2D eigenvalue weighted by molar-refractivity contribution is 7.15. The Hall–Kier alpha value is -1.50. The van der Waals surface area contributed by atoms with E-state index in [1.165, 1.54) is 48.8 Å². The minimum absolute atomic E-state index is 0.0893. The van der Waals surface area contributed by atoms with E-state index in [4.69, 9.17) is 11.6 Å². The minimum atomic E-state index is -0.640. The van der Waals surface area contributed by atoms with Crippen LogP contribution in [0.25, 0.3) is 0 Å². The van der Waals surface area contributed by atoms with Crippen molar-refractivity contribution in [1.82, 2.24) is 9.88 Å². The summed E-state index contributed by atoms with van der Waals surface area (Å²) in [6.45, 7) is 4.16. The molecule has 1 N–H and O–H groups in total. The van der Waals surface area contributed by atoms with E-state index in [2.05, 4.69) is 22.1 Å². The van der Waals surface area contributed by atoms with E-state index in [1.807, 2.05) is 0 Å². The van der Waals surface area contributed by atoms with Gasteiger partial charge in [-0.25, -0.2) is 9.37 Å². The molecule has 1 aromatic heterocycles. The number of aromatic nitrogens is 1. The molecular formula is C17H19ClFN3OS. The molecule has 1 saturated heterocycles. The van der Waals surface area contributed by atoms with Gasteiger partial charge in [0.2, 0.25) is 0 Å². The molecule has 7 heteroatoms. The van der Waals surface area contributed by atoms with Gasteiger partial charge in [-0.1, -0.05) is 24.1 Å². The summed E-state index contributed by atoms with van der Waals surface area (Å²) < 4.78 is 13.8. The average molecular weight is 368 g/mol. The molecule has 1 fully saturated rings.